The van der Waals surface area contributed by atoms with Crippen molar-refractivity contribution in [3.8, 4) is 22.3 Å². The zero-order valence-corrected chi connectivity index (χ0v) is 20.6. The molecule has 170 valence electrons. The van der Waals surface area contributed by atoms with Crippen LogP contribution in [0, 0.1) is 13.8 Å². The summed E-state index contributed by atoms with van der Waals surface area (Å²) < 4.78 is 12.4. The minimum absolute atomic E-state index is 0.362. The van der Waals surface area contributed by atoms with Crippen molar-refractivity contribution in [1.82, 2.24) is 0 Å². The van der Waals surface area contributed by atoms with Crippen molar-refractivity contribution in [2.75, 3.05) is 0 Å². The molecule has 1 aliphatic heterocycles. The molecule has 1 fully saturated rings. The van der Waals surface area contributed by atoms with Crippen LogP contribution in [-0.4, -0.2) is 12.7 Å². The average Bonchev–Trinajstić information content (AvgIpc) is 3.40. The Morgan fingerprint density at radius 1 is 0.657 bits per heavy atom. The summed E-state index contributed by atoms with van der Waals surface area (Å²) >= 11 is 0. The molecule has 0 aromatic heterocycles. The summed E-state index contributed by atoms with van der Waals surface area (Å²) in [5, 5.41) is 0. The second-order valence-corrected chi connectivity index (χ2v) is 10.7. The maximum absolute atomic E-state index is 6.28. The SMILES string of the molecule is C=C1OB(c2ccc3c(c2)C2(c4ccccc4-3)c3ccc(C)cc3-c3cc(C)ccc32)OC1(C)C. The van der Waals surface area contributed by atoms with Gasteiger partial charge in [-0.15, -0.1) is 0 Å². The molecule has 1 saturated heterocycles. The van der Waals surface area contributed by atoms with E-state index < -0.39 is 12.7 Å². The highest BCUT2D eigenvalue weighted by atomic mass is 16.7. The van der Waals surface area contributed by atoms with Crippen molar-refractivity contribution in [3.05, 3.63) is 125 Å². The van der Waals surface area contributed by atoms with Crippen LogP contribution in [0.25, 0.3) is 22.3 Å². The molecule has 1 heterocycles. The summed E-state index contributed by atoms with van der Waals surface area (Å²) in [5.41, 5.74) is 13.3. The van der Waals surface area contributed by atoms with Gasteiger partial charge in [-0.05, 0) is 77.7 Å². The van der Waals surface area contributed by atoms with Crippen LogP contribution in [0.4, 0.5) is 0 Å². The van der Waals surface area contributed by atoms with Crippen LogP contribution in [0.1, 0.15) is 47.2 Å². The van der Waals surface area contributed by atoms with E-state index >= 15 is 0 Å². The third kappa shape index (κ3) is 2.59. The molecule has 0 amide bonds. The van der Waals surface area contributed by atoms with Crippen LogP contribution < -0.4 is 5.46 Å². The summed E-state index contributed by atoms with van der Waals surface area (Å²) in [4.78, 5) is 0. The minimum Gasteiger partial charge on any atom is -0.534 e. The summed E-state index contributed by atoms with van der Waals surface area (Å²) in [6.45, 7) is 12.5. The van der Waals surface area contributed by atoms with E-state index in [1.807, 2.05) is 13.8 Å². The Balaban J connectivity index is 1.56. The fraction of sp³-hybridized carbons (Fsp3) is 0.188. The molecule has 2 nitrogen and oxygen atoms in total. The highest BCUT2D eigenvalue weighted by Crippen LogP contribution is 2.62. The molecule has 7 rings (SSSR count). The van der Waals surface area contributed by atoms with Gasteiger partial charge in [-0.3, -0.25) is 0 Å². The monoisotopic (exact) mass is 454 g/mol. The lowest BCUT2D eigenvalue weighted by Crippen LogP contribution is -2.36. The van der Waals surface area contributed by atoms with E-state index in [0.717, 1.165) is 5.46 Å². The standard InChI is InChI=1S/C32H27BO2/c1-19-10-14-28-25(16-19)26-17-20(2)11-15-29(26)32(28)27-9-7-6-8-23(27)24-13-12-22(18-30(24)32)33-34-21(3)31(4,5)35-33/h6-18H,3H2,1-2,4-5H3. The predicted molar refractivity (Wildman–Crippen MR) is 143 cm³/mol. The fourth-order valence-electron chi connectivity index (χ4n) is 6.35. The van der Waals surface area contributed by atoms with Gasteiger partial charge in [0, 0.05) is 0 Å². The second kappa shape index (κ2) is 6.77. The molecule has 2 aliphatic carbocycles. The van der Waals surface area contributed by atoms with Crippen molar-refractivity contribution < 1.29 is 9.31 Å². The smallest absolute Gasteiger partial charge is 0.534 e. The predicted octanol–water partition coefficient (Wildman–Crippen LogP) is 6.68. The number of rotatable bonds is 1. The Labute approximate surface area is 207 Å². The van der Waals surface area contributed by atoms with Gasteiger partial charge in [0.15, 0.2) is 0 Å². The molecule has 35 heavy (non-hydrogen) atoms. The maximum Gasteiger partial charge on any atom is 0.563 e. The van der Waals surface area contributed by atoms with E-state index in [1.165, 1.54) is 55.6 Å². The topological polar surface area (TPSA) is 18.5 Å². The summed E-state index contributed by atoms with van der Waals surface area (Å²) in [6.07, 6.45) is 0. The number of aryl methyl sites for hydroxylation is 2. The minimum atomic E-state index is -0.508. The van der Waals surface area contributed by atoms with E-state index in [0.29, 0.717) is 5.76 Å². The molecule has 0 N–H and O–H groups in total. The molecule has 1 spiro atoms. The Kier molecular flexibility index (Phi) is 4.02. The van der Waals surface area contributed by atoms with Crippen molar-refractivity contribution in [1.29, 1.82) is 0 Å². The van der Waals surface area contributed by atoms with Gasteiger partial charge in [-0.2, -0.15) is 0 Å². The lowest BCUT2D eigenvalue weighted by Gasteiger charge is -2.31. The number of hydrogen-bond acceptors (Lipinski definition) is 2. The molecule has 3 heteroatoms. The van der Waals surface area contributed by atoms with Gasteiger partial charge in [0.05, 0.1) is 11.2 Å². The number of benzene rings is 4. The fourth-order valence-corrected chi connectivity index (χ4v) is 6.35. The van der Waals surface area contributed by atoms with Crippen LogP contribution in [0.15, 0.2) is 91.2 Å². The molecule has 0 atom stereocenters. The highest BCUT2D eigenvalue weighted by Gasteiger charge is 2.52. The van der Waals surface area contributed by atoms with Crippen molar-refractivity contribution in [3.63, 3.8) is 0 Å². The van der Waals surface area contributed by atoms with Crippen LogP contribution in [0.3, 0.4) is 0 Å². The van der Waals surface area contributed by atoms with Gasteiger partial charge in [0.2, 0.25) is 0 Å². The Hall–Kier alpha value is -3.56. The largest absolute Gasteiger partial charge is 0.563 e. The van der Waals surface area contributed by atoms with Crippen LogP contribution >= 0.6 is 0 Å². The van der Waals surface area contributed by atoms with E-state index in [2.05, 4.69) is 99.3 Å². The van der Waals surface area contributed by atoms with E-state index in [1.54, 1.807) is 0 Å². The van der Waals surface area contributed by atoms with Gasteiger partial charge < -0.3 is 9.31 Å². The molecule has 4 aromatic carbocycles. The van der Waals surface area contributed by atoms with Crippen molar-refractivity contribution in [2.24, 2.45) is 0 Å². The summed E-state index contributed by atoms with van der Waals surface area (Å²) in [7, 11) is -0.458. The molecular formula is C32H27BO2. The Morgan fingerprint density at radius 2 is 1.26 bits per heavy atom. The van der Waals surface area contributed by atoms with Crippen molar-refractivity contribution >= 4 is 12.6 Å². The average molecular weight is 454 g/mol. The van der Waals surface area contributed by atoms with E-state index in [4.69, 9.17) is 9.31 Å². The van der Waals surface area contributed by atoms with E-state index in [9.17, 15) is 0 Å². The quantitative estimate of drug-likeness (QED) is 0.258. The normalized spacial score (nSPS) is 17.7. The molecular weight excluding hydrogens is 427 g/mol. The summed E-state index contributed by atoms with van der Waals surface area (Å²) in [5.74, 6) is 0.670. The van der Waals surface area contributed by atoms with Crippen LogP contribution in [0.5, 0.6) is 0 Å². The van der Waals surface area contributed by atoms with Gasteiger partial charge >= 0.3 is 7.12 Å². The first-order valence-corrected chi connectivity index (χ1v) is 12.3. The van der Waals surface area contributed by atoms with Gasteiger partial charge in [0.1, 0.15) is 5.60 Å². The Morgan fingerprint density at radius 3 is 1.89 bits per heavy atom. The van der Waals surface area contributed by atoms with Gasteiger partial charge in [-0.25, -0.2) is 0 Å². The zero-order chi connectivity index (χ0) is 24.1. The molecule has 0 saturated carbocycles. The first kappa shape index (κ1) is 20.8. The lowest BCUT2D eigenvalue weighted by atomic mass is 9.68. The summed E-state index contributed by atoms with van der Waals surface area (Å²) in [6, 6.07) is 29.5. The van der Waals surface area contributed by atoms with Crippen molar-refractivity contribution in [2.45, 2.75) is 38.7 Å². The number of hydrogen-bond donors (Lipinski definition) is 0. The highest BCUT2D eigenvalue weighted by molar-refractivity contribution is 6.62. The third-order valence-electron chi connectivity index (χ3n) is 8.11. The Bertz CT molecular complexity index is 1530. The first-order chi connectivity index (χ1) is 16.8. The lowest BCUT2D eigenvalue weighted by molar-refractivity contribution is 0.173. The molecule has 0 radical (unpaired) electrons. The first-order valence-electron chi connectivity index (χ1n) is 12.3. The molecule has 0 unspecified atom stereocenters. The third-order valence-corrected chi connectivity index (χ3v) is 8.11. The molecule has 0 bridgehead atoms. The van der Waals surface area contributed by atoms with Gasteiger partial charge in [0.25, 0.3) is 0 Å². The molecule has 4 aromatic rings. The van der Waals surface area contributed by atoms with Crippen LogP contribution in [0.2, 0.25) is 0 Å². The number of fused-ring (bicyclic) bond motifs is 10. The zero-order valence-electron chi connectivity index (χ0n) is 20.6. The van der Waals surface area contributed by atoms with Crippen LogP contribution in [-0.2, 0) is 14.7 Å². The second-order valence-electron chi connectivity index (χ2n) is 10.7. The van der Waals surface area contributed by atoms with E-state index in [-0.39, 0.29) is 5.41 Å². The van der Waals surface area contributed by atoms with Gasteiger partial charge in [-0.1, -0.05) is 96.6 Å². The maximum atomic E-state index is 6.28. The molecule has 3 aliphatic rings.